The van der Waals surface area contributed by atoms with Crippen LogP contribution in [0.2, 0.25) is 0 Å². The zero-order valence-corrected chi connectivity index (χ0v) is 14.5. The molecule has 128 valence electrons. The van der Waals surface area contributed by atoms with Crippen molar-refractivity contribution in [3.8, 4) is 22.2 Å². The van der Waals surface area contributed by atoms with Gasteiger partial charge in [0, 0.05) is 23.2 Å². The molecule has 0 aliphatic heterocycles. The van der Waals surface area contributed by atoms with Crippen molar-refractivity contribution in [2.45, 2.75) is 0 Å². The van der Waals surface area contributed by atoms with Crippen molar-refractivity contribution >= 4 is 17.2 Å². The minimum absolute atomic E-state index is 0.222. The van der Waals surface area contributed by atoms with Crippen LogP contribution in [0.15, 0.2) is 54.0 Å². The van der Waals surface area contributed by atoms with Crippen molar-refractivity contribution in [3.05, 3.63) is 59.7 Å². The number of nitrogens with one attached hydrogen (secondary N) is 1. The normalized spacial score (nSPS) is 10.3. The number of benzene rings is 1. The molecule has 0 fully saturated rings. The van der Waals surface area contributed by atoms with Crippen LogP contribution in [0.25, 0.3) is 10.6 Å². The van der Waals surface area contributed by atoms with Crippen LogP contribution < -0.4 is 14.8 Å². The highest BCUT2D eigenvalue weighted by atomic mass is 32.1. The number of hydrogen-bond donors (Lipinski definition) is 1. The van der Waals surface area contributed by atoms with Crippen LogP contribution in [0.5, 0.6) is 11.6 Å². The van der Waals surface area contributed by atoms with Crippen LogP contribution in [0, 0.1) is 0 Å². The quantitative estimate of drug-likeness (QED) is 0.660. The Hall–Kier alpha value is -2.93. The predicted molar refractivity (Wildman–Crippen MR) is 96.2 cm³/mol. The SMILES string of the molecule is COc1ccc(-c2nc(C(=O)NCCOc3ccccc3)cs2)cn1. The number of carbonyl (C=O) groups is 1. The van der Waals surface area contributed by atoms with Gasteiger partial charge in [0.15, 0.2) is 0 Å². The molecular formula is C18H17N3O3S. The van der Waals surface area contributed by atoms with Crippen molar-refractivity contribution in [2.75, 3.05) is 20.3 Å². The van der Waals surface area contributed by atoms with Crippen LogP contribution in [-0.4, -0.2) is 36.1 Å². The van der Waals surface area contributed by atoms with Gasteiger partial charge in [-0.05, 0) is 18.2 Å². The van der Waals surface area contributed by atoms with Gasteiger partial charge in [-0.3, -0.25) is 4.79 Å². The molecule has 0 saturated carbocycles. The first kappa shape index (κ1) is 16.9. The molecule has 7 heteroatoms. The maximum atomic E-state index is 12.1. The molecule has 0 radical (unpaired) electrons. The molecule has 6 nitrogen and oxygen atoms in total. The Morgan fingerprint density at radius 1 is 1.20 bits per heavy atom. The molecule has 3 aromatic rings. The highest BCUT2D eigenvalue weighted by Crippen LogP contribution is 2.24. The van der Waals surface area contributed by atoms with Gasteiger partial charge in [-0.1, -0.05) is 18.2 Å². The molecule has 1 aromatic carbocycles. The predicted octanol–water partition coefficient (Wildman–Crippen LogP) is 3.02. The lowest BCUT2D eigenvalue weighted by Crippen LogP contribution is -2.28. The van der Waals surface area contributed by atoms with E-state index in [9.17, 15) is 4.79 Å². The van der Waals surface area contributed by atoms with Crippen molar-refractivity contribution in [3.63, 3.8) is 0 Å². The summed E-state index contributed by atoms with van der Waals surface area (Å²) in [6.45, 7) is 0.805. The molecule has 0 aliphatic carbocycles. The zero-order valence-electron chi connectivity index (χ0n) is 13.6. The molecule has 2 heterocycles. The van der Waals surface area contributed by atoms with E-state index in [1.54, 1.807) is 24.8 Å². The van der Waals surface area contributed by atoms with Crippen LogP contribution in [0.4, 0.5) is 0 Å². The maximum absolute atomic E-state index is 12.1. The minimum atomic E-state index is -0.222. The average Bonchev–Trinajstić information content (AvgIpc) is 3.16. The number of methoxy groups -OCH3 is 1. The fourth-order valence-corrected chi connectivity index (χ4v) is 2.87. The third-order valence-corrected chi connectivity index (χ3v) is 4.22. The number of rotatable bonds is 7. The Morgan fingerprint density at radius 3 is 2.76 bits per heavy atom. The molecule has 0 spiro atoms. The summed E-state index contributed by atoms with van der Waals surface area (Å²) < 4.78 is 10.6. The van der Waals surface area contributed by atoms with E-state index in [0.717, 1.165) is 16.3 Å². The van der Waals surface area contributed by atoms with E-state index in [2.05, 4.69) is 15.3 Å². The summed E-state index contributed by atoms with van der Waals surface area (Å²) in [6, 6.07) is 13.1. The van der Waals surface area contributed by atoms with Gasteiger partial charge in [0.25, 0.3) is 5.91 Å². The molecule has 3 rings (SSSR count). The van der Waals surface area contributed by atoms with Crippen molar-refractivity contribution in [1.82, 2.24) is 15.3 Å². The summed E-state index contributed by atoms with van der Waals surface area (Å²) in [7, 11) is 1.56. The highest BCUT2D eigenvalue weighted by Gasteiger charge is 2.12. The largest absolute Gasteiger partial charge is 0.492 e. The summed E-state index contributed by atoms with van der Waals surface area (Å²) >= 11 is 1.40. The van der Waals surface area contributed by atoms with Gasteiger partial charge in [-0.25, -0.2) is 9.97 Å². The molecule has 25 heavy (non-hydrogen) atoms. The van der Waals surface area contributed by atoms with Gasteiger partial charge in [-0.2, -0.15) is 0 Å². The molecule has 2 aromatic heterocycles. The Morgan fingerprint density at radius 2 is 2.04 bits per heavy atom. The van der Waals surface area contributed by atoms with E-state index in [4.69, 9.17) is 9.47 Å². The standard InChI is InChI=1S/C18H17N3O3S/c1-23-16-8-7-13(11-20-16)18-21-15(12-25-18)17(22)19-9-10-24-14-5-3-2-4-6-14/h2-8,11-12H,9-10H2,1H3,(H,19,22). The van der Waals surface area contributed by atoms with Crippen LogP contribution >= 0.6 is 11.3 Å². The lowest BCUT2D eigenvalue weighted by Gasteiger charge is -2.06. The molecule has 0 saturated heterocycles. The van der Waals surface area contributed by atoms with E-state index in [-0.39, 0.29) is 5.91 Å². The van der Waals surface area contributed by atoms with Crippen molar-refractivity contribution < 1.29 is 14.3 Å². The molecule has 0 bridgehead atoms. The number of amides is 1. The Bertz CT molecular complexity index is 819. The van der Waals surface area contributed by atoms with E-state index >= 15 is 0 Å². The Labute approximate surface area is 149 Å². The number of thiazole rings is 1. The van der Waals surface area contributed by atoms with Crippen LogP contribution in [0.1, 0.15) is 10.5 Å². The van der Waals surface area contributed by atoms with Crippen LogP contribution in [0.3, 0.4) is 0 Å². The number of pyridine rings is 1. The van der Waals surface area contributed by atoms with Crippen LogP contribution in [-0.2, 0) is 0 Å². The monoisotopic (exact) mass is 355 g/mol. The number of para-hydroxylation sites is 1. The van der Waals surface area contributed by atoms with Gasteiger partial charge >= 0.3 is 0 Å². The van der Waals surface area contributed by atoms with Crippen molar-refractivity contribution in [1.29, 1.82) is 0 Å². The van der Waals surface area contributed by atoms with E-state index < -0.39 is 0 Å². The van der Waals surface area contributed by atoms with E-state index in [0.29, 0.717) is 24.7 Å². The van der Waals surface area contributed by atoms with Gasteiger partial charge in [0.05, 0.1) is 13.7 Å². The molecule has 0 unspecified atom stereocenters. The Balaban J connectivity index is 1.51. The van der Waals surface area contributed by atoms with Gasteiger partial charge in [0.1, 0.15) is 23.1 Å². The number of carbonyl (C=O) groups excluding carboxylic acids is 1. The molecule has 1 N–H and O–H groups in total. The topological polar surface area (TPSA) is 73.3 Å². The second-order valence-corrected chi connectivity index (χ2v) is 5.90. The van der Waals surface area contributed by atoms with Gasteiger partial charge in [0.2, 0.25) is 5.88 Å². The second-order valence-electron chi connectivity index (χ2n) is 5.04. The lowest BCUT2D eigenvalue weighted by molar-refractivity contribution is 0.0943. The third-order valence-electron chi connectivity index (χ3n) is 3.33. The highest BCUT2D eigenvalue weighted by molar-refractivity contribution is 7.13. The summed E-state index contributed by atoms with van der Waals surface area (Å²) in [6.07, 6.45) is 1.67. The smallest absolute Gasteiger partial charge is 0.270 e. The first-order chi connectivity index (χ1) is 12.3. The number of hydrogen-bond acceptors (Lipinski definition) is 6. The lowest BCUT2D eigenvalue weighted by atomic mass is 10.3. The number of ether oxygens (including phenoxy) is 2. The Kier molecular flexibility index (Phi) is 5.58. The third kappa shape index (κ3) is 4.54. The second kappa shape index (κ2) is 8.25. The summed E-state index contributed by atoms with van der Waals surface area (Å²) in [5.41, 5.74) is 1.23. The molecule has 0 aliphatic rings. The zero-order chi connectivity index (χ0) is 17.5. The minimum Gasteiger partial charge on any atom is -0.492 e. The fourth-order valence-electron chi connectivity index (χ4n) is 2.08. The molecule has 0 atom stereocenters. The summed E-state index contributed by atoms with van der Waals surface area (Å²) in [5.74, 6) is 1.09. The average molecular weight is 355 g/mol. The van der Waals surface area contributed by atoms with E-state index in [1.807, 2.05) is 36.4 Å². The van der Waals surface area contributed by atoms with Gasteiger partial charge in [-0.15, -0.1) is 11.3 Å². The van der Waals surface area contributed by atoms with Crippen molar-refractivity contribution in [2.24, 2.45) is 0 Å². The first-order valence-corrected chi connectivity index (χ1v) is 8.56. The van der Waals surface area contributed by atoms with Gasteiger partial charge < -0.3 is 14.8 Å². The summed E-state index contributed by atoms with van der Waals surface area (Å²) in [5, 5.41) is 5.26. The fraction of sp³-hybridized carbons (Fsp3) is 0.167. The maximum Gasteiger partial charge on any atom is 0.270 e. The first-order valence-electron chi connectivity index (χ1n) is 7.68. The molecular weight excluding hydrogens is 338 g/mol. The number of aromatic nitrogens is 2. The molecule has 1 amide bonds. The summed E-state index contributed by atoms with van der Waals surface area (Å²) in [4.78, 5) is 20.6. The van der Waals surface area contributed by atoms with E-state index in [1.165, 1.54) is 11.3 Å². The number of nitrogens with zero attached hydrogens (tertiary/aromatic N) is 2.